The third-order valence-corrected chi connectivity index (χ3v) is 6.15. The maximum absolute atomic E-state index is 12.6. The molecule has 4 heterocycles. The molecule has 2 aromatic heterocycles. The van der Waals surface area contributed by atoms with Crippen molar-refractivity contribution >= 4 is 34.5 Å². The van der Waals surface area contributed by atoms with Crippen molar-refractivity contribution in [1.82, 2.24) is 15.2 Å². The third-order valence-electron chi connectivity index (χ3n) is 4.27. The molecule has 0 aromatic carbocycles. The number of fused-ring (bicyclic) bond motifs is 1. The summed E-state index contributed by atoms with van der Waals surface area (Å²) in [6.07, 6.45) is 1.37. The minimum atomic E-state index is -0.0168. The summed E-state index contributed by atoms with van der Waals surface area (Å²) in [7, 11) is 0. The van der Waals surface area contributed by atoms with E-state index in [9.17, 15) is 9.59 Å². The Balaban J connectivity index is 1.49. The van der Waals surface area contributed by atoms with E-state index in [-0.39, 0.29) is 23.8 Å². The molecule has 2 amide bonds. The van der Waals surface area contributed by atoms with Gasteiger partial charge in [0.1, 0.15) is 10.7 Å². The number of rotatable bonds is 2. The minimum absolute atomic E-state index is 0.0168. The lowest BCUT2D eigenvalue weighted by Gasteiger charge is -2.33. The van der Waals surface area contributed by atoms with Crippen LogP contribution in [-0.2, 0) is 4.79 Å². The SMILES string of the molecule is O=C1C[C@@H]2CN(C(=O)c3csc(-c4cccs4)n3)CC[C@@H]2N1. The van der Waals surface area contributed by atoms with E-state index in [2.05, 4.69) is 10.3 Å². The summed E-state index contributed by atoms with van der Waals surface area (Å²) in [5, 5.41) is 7.72. The summed E-state index contributed by atoms with van der Waals surface area (Å²) < 4.78 is 0. The Morgan fingerprint density at radius 2 is 2.32 bits per heavy atom. The number of amides is 2. The van der Waals surface area contributed by atoms with Gasteiger partial charge in [0.15, 0.2) is 0 Å². The zero-order chi connectivity index (χ0) is 15.1. The lowest BCUT2D eigenvalue weighted by Crippen LogP contribution is -2.47. The van der Waals surface area contributed by atoms with Gasteiger partial charge in [-0.1, -0.05) is 6.07 Å². The number of likely N-dealkylation sites (tertiary alicyclic amines) is 1. The van der Waals surface area contributed by atoms with Crippen molar-refractivity contribution in [3.8, 4) is 9.88 Å². The summed E-state index contributed by atoms with van der Waals surface area (Å²) in [5.74, 6) is 0.343. The molecule has 1 N–H and O–H groups in total. The Morgan fingerprint density at radius 1 is 1.41 bits per heavy atom. The van der Waals surface area contributed by atoms with Crippen LogP contribution in [0.2, 0.25) is 0 Å². The van der Waals surface area contributed by atoms with E-state index in [0.29, 0.717) is 25.2 Å². The molecule has 4 rings (SSSR count). The molecular formula is C15H15N3O2S2. The van der Waals surface area contributed by atoms with Crippen LogP contribution in [0.1, 0.15) is 23.3 Å². The maximum atomic E-state index is 12.6. The molecule has 7 heteroatoms. The predicted molar refractivity (Wildman–Crippen MR) is 86.0 cm³/mol. The van der Waals surface area contributed by atoms with Crippen molar-refractivity contribution < 1.29 is 9.59 Å². The number of piperidine rings is 1. The molecule has 0 spiro atoms. The fourth-order valence-corrected chi connectivity index (χ4v) is 4.77. The fourth-order valence-electron chi connectivity index (χ4n) is 3.16. The van der Waals surface area contributed by atoms with Crippen LogP contribution in [0.25, 0.3) is 9.88 Å². The number of nitrogens with zero attached hydrogens (tertiary/aromatic N) is 2. The Morgan fingerprint density at radius 3 is 3.14 bits per heavy atom. The van der Waals surface area contributed by atoms with Gasteiger partial charge in [0.2, 0.25) is 5.91 Å². The van der Waals surface area contributed by atoms with E-state index in [1.165, 1.54) is 11.3 Å². The largest absolute Gasteiger partial charge is 0.353 e. The van der Waals surface area contributed by atoms with Crippen molar-refractivity contribution in [1.29, 1.82) is 0 Å². The van der Waals surface area contributed by atoms with Crippen LogP contribution < -0.4 is 5.32 Å². The first kappa shape index (κ1) is 13.9. The van der Waals surface area contributed by atoms with Crippen LogP contribution in [0, 0.1) is 5.92 Å². The molecule has 2 saturated heterocycles. The monoisotopic (exact) mass is 333 g/mol. The van der Waals surface area contributed by atoms with Crippen molar-refractivity contribution in [2.24, 2.45) is 5.92 Å². The van der Waals surface area contributed by atoms with E-state index < -0.39 is 0 Å². The molecule has 0 radical (unpaired) electrons. The first-order valence-electron chi connectivity index (χ1n) is 7.29. The summed E-state index contributed by atoms with van der Waals surface area (Å²) in [6.45, 7) is 1.33. The van der Waals surface area contributed by atoms with Gasteiger partial charge >= 0.3 is 0 Å². The molecule has 2 atom stereocenters. The van der Waals surface area contributed by atoms with Gasteiger partial charge in [-0.25, -0.2) is 4.98 Å². The number of hydrogen-bond acceptors (Lipinski definition) is 5. The molecule has 0 bridgehead atoms. The lowest BCUT2D eigenvalue weighted by atomic mass is 9.93. The Bertz CT molecular complexity index is 710. The standard InChI is InChI=1S/C15H15N3O2S2/c19-13-6-9-7-18(4-3-10(9)16-13)15(20)11-8-22-14(17-11)12-2-1-5-21-12/h1-2,5,8-10H,3-4,6-7H2,(H,16,19)/t9-,10+/m1/s1. The molecule has 0 unspecified atom stereocenters. The van der Waals surface area contributed by atoms with Gasteiger partial charge < -0.3 is 10.2 Å². The molecular weight excluding hydrogens is 318 g/mol. The fraction of sp³-hybridized carbons (Fsp3) is 0.400. The van der Waals surface area contributed by atoms with Crippen molar-refractivity contribution in [3.63, 3.8) is 0 Å². The van der Waals surface area contributed by atoms with Gasteiger partial charge in [-0.2, -0.15) is 0 Å². The molecule has 0 aliphatic carbocycles. The molecule has 114 valence electrons. The average molecular weight is 333 g/mol. The average Bonchev–Trinajstić information content (AvgIpc) is 3.24. The molecule has 22 heavy (non-hydrogen) atoms. The highest BCUT2D eigenvalue weighted by Crippen LogP contribution is 2.30. The van der Waals surface area contributed by atoms with Gasteiger partial charge in [0.25, 0.3) is 5.91 Å². The number of nitrogens with one attached hydrogen (secondary N) is 1. The van der Waals surface area contributed by atoms with E-state index in [0.717, 1.165) is 16.3 Å². The molecule has 0 saturated carbocycles. The number of carbonyl (C=O) groups excluding carboxylic acids is 2. The first-order chi connectivity index (χ1) is 10.7. The number of hydrogen-bond donors (Lipinski definition) is 1. The number of carbonyl (C=O) groups is 2. The molecule has 2 aliphatic heterocycles. The highest BCUT2D eigenvalue weighted by atomic mass is 32.1. The number of thiazole rings is 1. The van der Waals surface area contributed by atoms with Gasteiger partial charge in [0.05, 0.1) is 4.88 Å². The van der Waals surface area contributed by atoms with Crippen molar-refractivity contribution in [2.75, 3.05) is 13.1 Å². The highest BCUT2D eigenvalue weighted by molar-refractivity contribution is 7.20. The zero-order valence-corrected chi connectivity index (χ0v) is 13.5. The molecule has 5 nitrogen and oxygen atoms in total. The number of aromatic nitrogens is 1. The Hall–Kier alpha value is -1.73. The second-order valence-electron chi connectivity index (χ2n) is 5.69. The summed E-state index contributed by atoms with van der Waals surface area (Å²) >= 11 is 3.13. The molecule has 2 fully saturated rings. The second kappa shape index (κ2) is 5.48. The Kier molecular flexibility index (Phi) is 3.46. The third kappa shape index (κ3) is 2.44. The minimum Gasteiger partial charge on any atom is -0.353 e. The molecule has 2 aromatic rings. The second-order valence-corrected chi connectivity index (χ2v) is 7.50. The van der Waals surface area contributed by atoms with E-state index in [4.69, 9.17) is 0 Å². The van der Waals surface area contributed by atoms with E-state index in [1.807, 2.05) is 27.8 Å². The lowest BCUT2D eigenvalue weighted by molar-refractivity contribution is -0.119. The van der Waals surface area contributed by atoms with Gasteiger partial charge in [-0.15, -0.1) is 22.7 Å². The normalized spacial score (nSPS) is 24.2. The Labute approximate surface area is 136 Å². The van der Waals surface area contributed by atoms with Crippen LogP contribution >= 0.6 is 22.7 Å². The zero-order valence-electron chi connectivity index (χ0n) is 11.8. The first-order valence-corrected chi connectivity index (χ1v) is 9.04. The van der Waals surface area contributed by atoms with Gasteiger partial charge in [0, 0.05) is 36.9 Å². The quantitative estimate of drug-likeness (QED) is 0.917. The molecule has 2 aliphatic rings. The summed E-state index contributed by atoms with van der Waals surface area (Å²) in [5.41, 5.74) is 0.518. The van der Waals surface area contributed by atoms with Crippen LogP contribution in [0.15, 0.2) is 22.9 Å². The summed E-state index contributed by atoms with van der Waals surface area (Å²) in [4.78, 5) is 31.5. The smallest absolute Gasteiger partial charge is 0.273 e. The maximum Gasteiger partial charge on any atom is 0.273 e. The number of thiophene rings is 1. The predicted octanol–water partition coefficient (Wildman–Crippen LogP) is 2.22. The van der Waals surface area contributed by atoms with Crippen molar-refractivity contribution in [3.05, 3.63) is 28.6 Å². The topological polar surface area (TPSA) is 62.3 Å². The van der Waals surface area contributed by atoms with Gasteiger partial charge in [-0.05, 0) is 17.9 Å². The van der Waals surface area contributed by atoms with Crippen molar-refractivity contribution in [2.45, 2.75) is 18.9 Å². The van der Waals surface area contributed by atoms with Crippen LogP contribution in [0.3, 0.4) is 0 Å². The van der Waals surface area contributed by atoms with Crippen LogP contribution in [0.5, 0.6) is 0 Å². The highest BCUT2D eigenvalue weighted by Gasteiger charge is 2.38. The van der Waals surface area contributed by atoms with E-state index in [1.54, 1.807) is 11.3 Å². The van der Waals surface area contributed by atoms with Crippen LogP contribution in [-0.4, -0.2) is 40.8 Å². The summed E-state index contributed by atoms with van der Waals surface area (Å²) in [6, 6.07) is 4.24. The van der Waals surface area contributed by atoms with Gasteiger partial charge in [-0.3, -0.25) is 9.59 Å². The van der Waals surface area contributed by atoms with E-state index >= 15 is 0 Å². The van der Waals surface area contributed by atoms with Crippen LogP contribution in [0.4, 0.5) is 0 Å².